The van der Waals surface area contributed by atoms with Gasteiger partial charge in [0.2, 0.25) is 0 Å². The molecule has 6 nitrogen and oxygen atoms in total. The molecule has 1 aliphatic rings. The van der Waals surface area contributed by atoms with Crippen LogP contribution in [0.15, 0.2) is 11.3 Å². The number of halogens is 3. The fourth-order valence-electron chi connectivity index (χ4n) is 3.03. The van der Waals surface area contributed by atoms with E-state index in [-0.39, 0.29) is 11.7 Å². The number of alkyl halides is 3. The molecule has 144 valence electrons. The first-order valence-corrected chi connectivity index (χ1v) is 9.90. The zero-order valence-corrected chi connectivity index (χ0v) is 14.9. The molecule has 1 rings (SSSR count). The van der Waals surface area contributed by atoms with Crippen LogP contribution in [0.5, 0.6) is 0 Å². The molecule has 1 atom stereocenters. The summed E-state index contributed by atoms with van der Waals surface area (Å²) < 4.78 is 62.6. The number of carboxylic acid groups (broad SMARTS) is 1. The van der Waals surface area contributed by atoms with Crippen molar-refractivity contribution in [2.24, 2.45) is 11.8 Å². The Balaban J connectivity index is 2.96. The number of sulfone groups is 1. The van der Waals surface area contributed by atoms with E-state index < -0.39 is 45.2 Å². The standard InChI is InChI=1S/C15H23F3N2O4S/c1-9(7-19)12(14(21)22)13(15(16,17)18)20-11-5-3-10(4-6-11)8-25(2,23)24/h7,9-11,19-20H,3-6,8H2,1-2H3,(H,21,22)/b13-12+,19-7?/t9-,10-,11+/m1/s1. The van der Waals surface area contributed by atoms with E-state index in [0.717, 1.165) is 6.26 Å². The second-order valence-electron chi connectivity index (χ2n) is 6.50. The molecule has 25 heavy (non-hydrogen) atoms. The monoisotopic (exact) mass is 384 g/mol. The fraction of sp³-hybridized carbons (Fsp3) is 0.733. The molecule has 0 heterocycles. The quantitative estimate of drug-likeness (QED) is 0.461. The summed E-state index contributed by atoms with van der Waals surface area (Å²) in [7, 11) is -3.14. The topological polar surface area (TPSA) is 107 Å². The van der Waals surface area contributed by atoms with Crippen LogP contribution in [0.25, 0.3) is 0 Å². The lowest BCUT2D eigenvalue weighted by Crippen LogP contribution is -2.40. The molecule has 0 amide bonds. The van der Waals surface area contributed by atoms with E-state index in [4.69, 9.17) is 10.5 Å². The van der Waals surface area contributed by atoms with Crippen molar-refractivity contribution in [2.45, 2.75) is 44.8 Å². The summed E-state index contributed by atoms with van der Waals surface area (Å²) in [5, 5.41) is 18.5. The van der Waals surface area contributed by atoms with E-state index in [1.165, 1.54) is 6.92 Å². The highest BCUT2D eigenvalue weighted by atomic mass is 32.2. The minimum absolute atomic E-state index is 0.00685. The lowest BCUT2D eigenvalue weighted by Gasteiger charge is -2.31. The molecule has 3 N–H and O–H groups in total. The van der Waals surface area contributed by atoms with Gasteiger partial charge in [0.1, 0.15) is 15.5 Å². The summed E-state index contributed by atoms with van der Waals surface area (Å²) in [4.78, 5) is 11.3. The number of hydrogen-bond acceptors (Lipinski definition) is 5. The Labute approximate surface area is 144 Å². The first kappa shape index (κ1) is 21.5. The molecule has 1 saturated carbocycles. The molecule has 0 radical (unpaired) electrons. The van der Waals surface area contributed by atoms with E-state index >= 15 is 0 Å². The van der Waals surface area contributed by atoms with E-state index in [2.05, 4.69) is 5.32 Å². The Hall–Kier alpha value is -1.58. The van der Waals surface area contributed by atoms with Gasteiger partial charge in [0.25, 0.3) is 0 Å². The number of nitrogens with one attached hydrogen (secondary N) is 2. The number of hydrogen-bond donors (Lipinski definition) is 3. The van der Waals surface area contributed by atoms with Gasteiger partial charge in [0.05, 0.1) is 11.3 Å². The van der Waals surface area contributed by atoms with E-state index in [0.29, 0.717) is 31.9 Å². The maximum Gasteiger partial charge on any atom is 0.431 e. The number of carbonyl (C=O) groups is 1. The van der Waals surface area contributed by atoms with Gasteiger partial charge in [0, 0.05) is 24.4 Å². The van der Waals surface area contributed by atoms with Gasteiger partial charge in [-0.3, -0.25) is 0 Å². The van der Waals surface area contributed by atoms with Crippen molar-refractivity contribution in [1.29, 1.82) is 5.41 Å². The van der Waals surface area contributed by atoms with Crippen molar-refractivity contribution >= 4 is 22.0 Å². The third-order valence-electron chi connectivity index (χ3n) is 4.22. The van der Waals surface area contributed by atoms with Gasteiger partial charge in [-0.25, -0.2) is 13.2 Å². The Kier molecular flexibility index (Phi) is 7.04. The number of rotatable bonds is 7. The fourth-order valence-corrected chi connectivity index (χ4v) is 4.22. The summed E-state index contributed by atoms with van der Waals surface area (Å²) in [6, 6.07) is -0.584. The summed E-state index contributed by atoms with van der Waals surface area (Å²) in [6.45, 7) is 1.22. The minimum Gasteiger partial charge on any atom is -0.478 e. The van der Waals surface area contributed by atoms with Crippen LogP contribution >= 0.6 is 0 Å². The molecule has 0 spiro atoms. The van der Waals surface area contributed by atoms with Crippen LogP contribution < -0.4 is 5.32 Å². The molecule has 0 aromatic rings. The van der Waals surface area contributed by atoms with Crippen LogP contribution in [0.2, 0.25) is 0 Å². The van der Waals surface area contributed by atoms with Gasteiger partial charge in [-0.05, 0) is 31.6 Å². The smallest absolute Gasteiger partial charge is 0.431 e. The highest BCUT2D eigenvalue weighted by molar-refractivity contribution is 7.90. The van der Waals surface area contributed by atoms with Gasteiger partial charge in [0.15, 0.2) is 0 Å². The molecule has 0 unspecified atom stereocenters. The number of aliphatic carboxylic acids is 1. The minimum atomic E-state index is -4.88. The maximum atomic E-state index is 13.3. The molecular formula is C15H23F3N2O4S. The summed E-state index contributed by atoms with van der Waals surface area (Å²) in [5.74, 6) is -3.00. The zero-order chi connectivity index (χ0) is 19.4. The van der Waals surface area contributed by atoms with E-state index in [9.17, 15) is 26.4 Å². The van der Waals surface area contributed by atoms with Crippen molar-refractivity contribution in [3.05, 3.63) is 11.3 Å². The molecule has 0 aromatic carbocycles. The molecule has 0 bridgehead atoms. The number of carboxylic acids is 1. The van der Waals surface area contributed by atoms with Crippen molar-refractivity contribution in [3.8, 4) is 0 Å². The first-order valence-electron chi connectivity index (χ1n) is 7.84. The van der Waals surface area contributed by atoms with Crippen LogP contribution in [0, 0.1) is 17.2 Å². The lowest BCUT2D eigenvalue weighted by molar-refractivity contribution is -0.135. The summed E-state index contributed by atoms with van der Waals surface area (Å²) >= 11 is 0. The van der Waals surface area contributed by atoms with Gasteiger partial charge in [-0.1, -0.05) is 6.92 Å². The van der Waals surface area contributed by atoms with Crippen LogP contribution in [0.3, 0.4) is 0 Å². The second-order valence-corrected chi connectivity index (χ2v) is 8.69. The molecule has 1 aliphatic carbocycles. The van der Waals surface area contributed by atoms with Crippen molar-refractivity contribution in [2.75, 3.05) is 12.0 Å². The van der Waals surface area contributed by atoms with Gasteiger partial charge in [-0.2, -0.15) is 13.2 Å². The van der Waals surface area contributed by atoms with Crippen LogP contribution in [-0.2, 0) is 14.6 Å². The van der Waals surface area contributed by atoms with Crippen molar-refractivity contribution in [1.82, 2.24) is 5.32 Å². The average Bonchev–Trinajstić information content (AvgIpc) is 2.45. The average molecular weight is 384 g/mol. The predicted molar refractivity (Wildman–Crippen MR) is 87.3 cm³/mol. The highest BCUT2D eigenvalue weighted by Crippen LogP contribution is 2.32. The molecular weight excluding hydrogens is 361 g/mol. The third-order valence-corrected chi connectivity index (χ3v) is 5.30. The second kappa shape index (κ2) is 8.20. The zero-order valence-electron chi connectivity index (χ0n) is 14.1. The van der Waals surface area contributed by atoms with Gasteiger partial charge >= 0.3 is 12.1 Å². The van der Waals surface area contributed by atoms with Gasteiger partial charge < -0.3 is 15.8 Å². The van der Waals surface area contributed by atoms with E-state index in [1.54, 1.807) is 0 Å². The third kappa shape index (κ3) is 6.68. The lowest BCUT2D eigenvalue weighted by atomic mass is 9.86. The highest BCUT2D eigenvalue weighted by Gasteiger charge is 2.41. The SMILES string of the molecule is C[C@H](C=N)/C(C(=O)O)=C(\N[C@H]1CC[C@@H](CS(C)(=O)=O)CC1)C(F)(F)F. The molecule has 0 saturated heterocycles. The van der Waals surface area contributed by atoms with Crippen LogP contribution in [-0.4, -0.2) is 49.9 Å². The van der Waals surface area contributed by atoms with Gasteiger partial charge in [-0.15, -0.1) is 0 Å². The molecule has 10 heteroatoms. The summed E-state index contributed by atoms with van der Waals surface area (Å²) in [6.07, 6.45) is -1.54. The Morgan fingerprint density at radius 3 is 2.20 bits per heavy atom. The normalized spacial score (nSPS) is 24.2. The van der Waals surface area contributed by atoms with Crippen molar-refractivity contribution in [3.63, 3.8) is 0 Å². The Morgan fingerprint density at radius 1 is 1.32 bits per heavy atom. The molecule has 0 aliphatic heterocycles. The Morgan fingerprint density at radius 2 is 1.84 bits per heavy atom. The summed E-state index contributed by atoms with van der Waals surface area (Å²) in [5.41, 5.74) is -2.22. The van der Waals surface area contributed by atoms with Crippen LogP contribution in [0.4, 0.5) is 13.2 Å². The van der Waals surface area contributed by atoms with E-state index in [1.807, 2.05) is 0 Å². The predicted octanol–water partition coefficient (Wildman–Crippen LogP) is 2.37. The molecule has 1 fully saturated rings. The number of allylic oxidation sites excluding steroid dienone is 1. The Bertz CT molecular complexity index is 636. The van der Waals surface area contributed by atoms with Crippen LogP contribution in [0.1, 0.15) is 32.6 Å². The molecule has 0 aromatic heterocycles. The van der Waals surface area contributed by atoms with Crippen molar-refractivity contribution < 1.29 is 31.5 Å². The maximum absolute atomic E-state index is 13.3. The first-order chi connectivity index (χ1) is 11.3. The largest absolute Gasteiger partial charge is 0.478 e.